The zero-order valence-electron chi connectivity index (χ0n) is 23.2. The van der Waals surface area contributed by atoms with E-state index in [1.165, 1.54) is 6.07 Å². The largest absolute Gasteiger partial charge is 0.381 e. The van der Waals surface area contributed by atoms with Crippen LogP contribution in [0, 0.1) is 11.7 Å². The average molecular weight is 604 g/mol. The van der Waals surface area contributed by atoms with Gasteiger partial charge in [0.1, 0.15) is 22.6 Å². The summed E-state index contributed by atoms with van der Waals surface area (Å²) in [6.45, 7) is -1.02. The summed E-state index contributed by atoms with van der Waals surface area (Å²) in [5, 5.41) is 4.19. The maximum Gasteiger partial charge on any atom is 0.282 e. The smallest absolute Gasteiger partial charge is 0.282 e. The molecule has 3 fully saturated rings. The van der Waals surface area contributed by atoms with Crippen LogP contribution in [0.15, 0.2) is 35.0 Å². The summed E-state index contributed by atoms with van der Waals surface area (Å²) in [7, 11) is 0. The van der Waals surface area contributed by atoms with Gasteiger partial charge >= 0.3 is 0 Å². The second kappa shape index (κ2) is 10.2. The van der Waals surface area contributed by atoms with Crippen LogP contribution in [0.1, 0.15) is 61.5 Å². The summed E-state index contributed by atoms with van der Waals surface area (Å²) in [6.07, 6.45) is 2.20. The Morgan fingerprint density at radius 2 is 1.77 bits per heavy atom. The van der Waals surface area contributed by atoms with Crippen LogP contribution in [0.3, 0.4) is 0 Å². The monoisotopic (exact) mass is 603 g/mol. The number of ether oxygens (including phenoxy) is 1. The Labute approximate surface area is 243 Å². The number of carbonyl (C=O) groups excluding carboxylic acids is 1. The Hall–Kier alpha value is -3.61. The number of fused-ring (bicyclic) bond motifs is 2. The van der Waals surface area contributed by atoms with Crippen molar-refractivity contribution >= 4 is 28.0 Å². The number of aromatic nitrogens is 4. The Morgan fingerprint density at radius 1 is 1.02 bits per heavy atom. The highest BCUT2D eigenvalue weighted by molar-refractivity contribution is 5.91. The molecule has 228 valence electrons. The quantitative estimate of drug-likeness (QED) is 0.275. The number of alkyl halides is 4. The summed E-state index contributed by atoms with van der Waals surface area (Å²) < 4.78 is 82.9. The molecule has 2 saturated heterocycles. The molecule has 1 saturated carbocycles. The van der Waals surface area contributed by atoms with Crippen LogP contribution in [-0.2, 0) is 21.4 Å². The number of likely N-dealkylation sites (tertiary alicyclic amines) is 1. The molecule has 43 heavy (non-hydrogen) atoms. The predicted molar refractivity (Wildman–Crippen MR) is 144 cm³/mol. The zero-order valence-corrected chi connectivity index (χ0v) is 23.2. The van der Waals surface area contributed by atoms with E-state index < -0.39 is 48.0 Å². The highest BCUT2D eigenvalue weighted by atomic mass is 19.3. The number of nitrogens with one attached hydrogen (secondary N) is 1. The molecule has 0 unspecified atom stereocenters. The molecular weight excluding hydrogens is 573 g/mol. The second-order valence-corrected chi connectivity index (χ2v) is 12.1. The number of H-pyrrole nitrogens is 1. The van der Waals surface area contributed by atoms with Gasteiger partial charge in [0.05, 0.1) is 24.0 Å². The van der Waals surface area contributed by atoms with Gasteiger partial charge in [-0.15, -0.1) is 0 Å². The lowest BCUT2D eigenvalue weighted by Crippen LogP contribution is -2.63. The molecule has 7 rings (SSSR count). The van der Waals surface area contributed by atoms with Crippen molar-refractivity contribution in [2.75, 3.05) is 26.3 Å². The van der Waals surface area contributed by atoms with Crippen LogP contribution in [0.2, 0.25) is 0 Å². The summed E-state index contributed by atoms with van der Waals surface area (Å²) in [5.41, 5.74) is 0.754. The number of halogens is 5. The second-order valence-electron chi connectivity index (χ2n) is 12.1. The van der Waals surface area contributed by atoms with Gasteiger partial charge in [0.25, 0.3) is 5.92 Å². The van der Waals surface area contributed by atoms with E-state index in [9.17, 15) is 22.4 Å². The minimum atomic E-state index is -2.95. The fourth-order valence-electron chi connectivity index (χ4n) is 7.01. The molecule has 8 nitrogen and oxygen atoms in total. The third kappa shape index (κ3) is 4.95. The van der Waals surface area contributed by atoms with Crippen LogP contribution in [0.4, 0.5) is 22.0 Å². The number of amides is 1. The van der Waals surface area contributed by atoms with Gasteiger partial charge in [-0.25, -0.2) is 26.9 Å². The van der Waals surface area contributed by atoms with Gasteiger partial charge in [-0.05, 0) is 49.8 Å². The zero-order chi connectivity index (χ0) is 30.0. The van der Waals surface area contributed by atoms with Crippen molar-refractivity contribution in [3.8, 4) is 0 Å². The fourth-order valence-corrected chi connectivity index (χ4v) is 7.01. The summed E-state index contributed by atoms with van der Waals surface area (Å²) in [4.78, 5) is 26.9. The molecule has 4 aromatic rings. The lowest BCUT2D eigenvalue weighted by atomic mass is 9.72. The Kier molecular flexibility index (Phi) is 6.71. The molecule has 0 spiro atoms. The minimum Gasteiger partial charge on any atom is -0.381 e. The molecule has 1 N–H and O–H groups in total. The van der Waals surface area contributed by atoms with E-state index in [0.717, 1.165) is 4.90 Å². The molecule has 1 aliphatic carbocycles. The molecule has 1 aromatic carbocycles. The maximum atomic E-state index is 16.4. The van der Waals surface area contributed by atoms with E-state index in [1.807, 2.05) is 0 Å². The third-order valence-corrected chi connectivity index (χ3v) is 9.41. The highest BCUT2D eigenvalue weighted by Gasteiger charge is 2.54. The van der Waals surface area contributed by atoms with Crippen molar-refractivity contribution in [2.24, 2.45) is 5.92 Å². The van der Waals surface area contributed by atoms with Crippen molar-refractivity contribution in [2.45, 2.75) is 68.1 Å². The van der Waals surface area contributed by atoms with Gasteiger partial charge < -0.3 is 19.1 Å². The third-order valence-electron chi connectivity index (χ3n) is 9.41. The number of carbonyl (C=O) groups is 1. The molecule has 1 atom stereocenters. The molecule has 2 aliphatic heterocycles. The highest BCUT2D eigenvalue weighted by Crippen LogP contribution is 2.45. The molecule has 5 heterocycles. The SMILES string of the molecule is O=C(N1CC(F)(F)C1)C1(c2ccc3[nH]c([C@@H](Cc4noc5cccnc45)C4CCC(F)(F)CC4)nc3c2F)CCOCC1. The molecule has 3 aliphatic rings. The standard InChI is InChI=1S/C30H30F5N5O3/c31-23-19(28(9-12-42-13-10-28)27(41)40-15-30(34,35)16-40)3-4-20-25(23)38-26(37-20)18(17-5-7-29(32,33)8-6-17)14-21-24-22(43-39-21)2-1-11-36-24/h1-4,11,17-18H,5-10,12-16H2,(H,37,38)/t18-/m0/s1. The summed E-state index contributed by atoms with van der Waals surface area (Å²) in [6, 6.07) is 6.62. The van der Waals surface area contributed by atoms with E-state index in [2.05, 4.69) is 20.1 Å². The lowest BCUT2D eigenvalue weighted by molar-refractivity contribution is -0.174. The van der Waals surface area contributed by atoms with Crippen molar-refractivity contribution in [1.82, 2.24) is 25.0 Å². The van der Waals surface area contributed by atoms with Crippen LogP contribution < -0.4 is 0 Å². The Bertz CT molecular complexity index is 1660. The molecule has 1 amide bonds. The van der Waals surface area contributed by atoms with Crippen LogP contribution in [0.25, 0.3) is 22.1 Å². The average Bonchev–Trinajstić information content (AvgIpc) is 3.60. The molecule has 0 radical (unpaired) electrons. The first-order valence-corrected chi connectivity index (χ1v) is 14.6. The maximum absolute atomic E-state index is 16.4. The number of benzene rings is 1. The van der Waals surface area contributed by atoms with Gasteiger partial charge in [0, 0.05) is 50.2 Å². The topological polar surface area (TPSA) is 97.1 Å². The van der Waals surface area contributed by atoms with E-state index >= 15 is 4.39 Å². The first kappa shape index (κ1) is 28.2. The van der Waals surface area contributed by atoms with Crippen LogP contribution in [-0.4, -0.2) is 69.1 Å². The number of pyridine rings is 1. The Morgan fingerprint density at radius 3 is 2.49 bits per heavy atom. The predicted octanol–water partition coefficient (Wildman–Crippen LogP) is 5.92. The minimum absolute atomic E-state index is 0.00869. The lowest BCUT2D eigenvalue weighted by Gasteiger charge is -2.46. The molecular formula is C30H30F5N5O3. The van der Waals surface area contributed by atoms with Crippen molar-refractivity contribution in [1.29, 1.82) is 0 Å². The molecule has 13 heteroatoms. The van der Waals surface area contributed by atoms with Crippen molar-refractivity contribution in [3.05, 3.63) is 53.4 Å². The molecule has 3 aromatic heterocycles. The first-order chi connectivity index (χ1) is 20.6. The number of nitrogens with zero attached hydrogens (tertiary/aromatic N) is 4. The number of rotatable bonds is 6. The number of imidazole rings is 1. The normalized spacial score (nSPS) is 22.5. The van der Waals surface area contributed by atoms with E-state index in [4.69, 9.17) is 9.26 Å². The van der Waals surface area contributed by atoms with Crippen molar-refractivity contribution in [3.63, 3.8) is 0 Å². The van der Waals surface area contributed by atoms with Crippen molar-refractivity contribution < 1.29 is 36.0 Å². The van der Waals surface area contributed by atoms with Gasteiger partial charge in [-0.1, -0.05) is 11.2 Å². The first-order valence-electron chi connectivity index (χ1n) is 14.6. The number of aromatic amines is 1. The van der Waals surface area contributed by atoms with Crippen LogP contribution in [0.5, 0.6) is 0 Å². The fraction of sp³-hybridized carbons (Fsp3) is 0.533. The summed E-state index contributed by atoms with van der Waals surface area (Å²) in [5.74, 6) is -7.11. The van der Waals surface area contributed by atoms with Gasteiger partial charge in [0.15, 0.2) is 11.4 Å². The number of hydrogen-bond donors (Lipinski definition) is 1. The van der Waals surface area contributed by atoms with E-state index in [0.29, 0.717) is 28.1 Å². The van der Waals surface area contributed by atoms with Gasteiger partial charge in [0.2, 0.25) is 11.8 Å². The Balaban J connectivity index is 1.27. The van der Waals surface area contributed by atoms with Gasteiger partial charge in [-0.2, -0.15) is 0 Å². The van der Waals surface area contributed by atoms with Crippen LogP contribution >= 0.6 is 0 Å². The summed E-state index contributed by atoms with van der Waals surface area (Å²) >= 11 is 0. The van der Waals surface area contributed by atoms with E-state index in [-0.39, 0.29) is 75.2 Å². The van der Waals surface area contributed by atoms with E-state index in [1.54, 1.807) is 24.4 Å². The van der Waals surface area contributed by atoms with Gasteiger partial charge in [-0.3, -0.25) is 9.78 Å². The molecule has 0 bridgehead atoms. The number of hydrogen-bond acceptors (Lipinski definition) is 6.